The van der Waals surface area contributed by atoms with Crippen LogP contribution in [0.5, 0.6) is 11.5 Å². The number of methoxy groups -OCH3 is 1. The SMILES string of the molecule is COC(=O)C(Cc1ccc(OCC2=CCCC=C2)cc1)c1ccc(O)cc1. The lowest BCUT2D eigenvalue weighted by atomic mass is 9.92. The number of benzene rings is 2. The van der Waals surface area contributed by atoms with Crippen molar-refractivity contribution in [2.75, 3.05) is 13.7 Å². The van der Waals surface area contributed by atoms with Gasteiger partial charge in [-0.1, -0.05) is 42.5 Å². The van der Waals surface area contributed by atoms with Crippen LogP contribution in [0.15, 0.2) is 72.3 Å². The van der Waals surface area contributed by atoms with Crippen LogP contribution in [0.25, 0.3) is 0 Å². The van der Waals surface area contributed by atoms with E-state index in [1.807, 2.05) is 24.3 Å². The number of phenolic OH excluding ortho intramolecular Hbond substituents is 1. The van der Waals surface area contributed by atoms with E-state index in [2.05, 4.69) is 18.2 Å². The van der Waals surface area contributed by atoms with Gasteiger partial charge in [-0.05, 0) is 60.2 Å². The zero-order chi connectivity index (χ0) is 19.1. The number of esters is 1. The Morgan fingerprint density at radius 1 is 1.07 bits per heavy atom. The van der Waals surface area contributed by atoms with Crippen LogP contribution >= 0.6 is 0 Å². The number of carbonyl (C=O) groups is 1. The molecule has 27 heavy (non-hydrogen) atoms. The third kappa shape index (κ3) is 5.23. The molecule has 4 heteroatoms. The molecule has 0 radical (unpaired) electrons. The normalized spacial score (nSPS) is 14.3. The molecule has 0 saturated heterocycles. The smallest absolute Gasteiger partial charge is 0.313 e. The highest BCUT2D eigenvalue weighted by Crippen LogP contribution is 2.25. The summed E-state index contributed by atoms with van der Waals surface area (Å²) in [4.78, 5) is 12.2. The van der Waals surface area contributed by atoms with Crippen molar-refractivity contribution in [3.8, 4) is 11.5 Å². The van der Waals surface area contributed by atoms with E-state index in [0.717, 1.165) is 29.7 Å². The molecule has 2 aromatic carbocycles. The molecular weight excluding hydrogens is 340 g/mol. The topological polar surface area (TPSA) is 55.8 Å². The summed E-state index contributed by atoms with van der Waals surface area (Å²) in [7, 11) is 1.39. The number of ether oxygens (including phenoxy) is 2. The maximum atomic E-state index is 12.2. The number of allylic oxidation sites excluding steroid dienone is 2. The summed E-state index contributed by atoms with van der Waals surface area (Å²) in [6.07, 6.45) is 9.16. The van der Waals surface area contributed by atoms with Crippen molar-refractivity contribution in [2.24, 2.45) is 0 Å². The average molecular weight is 364 g/mol. The van der Waals surface area contributed by atoms with E-state index < -0.39 is 5.92 Å². The fourth-order valence-corrected chi connectivity index (χ4v) is 3.09. The lowest BCUT2D eigenvalue weighted by Crippen LogP contribution is -2.16. The Kier molecular flexibility index (Phi) is 6.31. The second-order valence-electron chi connectivity index (χ2n) is 6.56. The van der Waals surface area contributed by atoms with Gasteiger partial charge in [-0.25, -0.2) is 0 Å². The first-order chi connectivity index (χ1) is 13.2. The molecule has 0 spiro atoms. The molecule has 1 aliphatic carbocycles. The minimum absolute atomic E-state index is 0.173. The Balaban J connectivity index is 1.65. The van der Waals surface area contributed by atoms with Crippen LogP contribution in [0.2, 0.25) is 0 Å². The predicted molar refractivity (Wildman–Crippen MR) is 105 cm³/mol. The molecule has 4 nitrogen and oxygen atoms in total. The minimum atomic E-state index is -0.417. The Morgan fingerprint density at radius 3 is 2.44 bits per heavy atom. The highest BCUT2D eigenvalue weighted by molar-refractivity contribution is 5.78. The molecule has 0 aliphatic heterocycles. The first-order valence-corrected chi connectivity index (χ1v) is 9.10. The number of hydrogen-bond donors (Lipinski definition) is 1. The summed E-state index contributed by atoms with van der Waals surface area (Å²) >= 11 is 0. The highest BCUT2D eigenvalue weighted by atomic mass is 16.5. The van der Waals surface area contributed by atoms with Gasteiger partial charge in [-0.15, -0.1) is 0 Å². The Hall–Kier alpha value is -3.01. The highest BCUT2D eigenvalue weighted by Gasteiger charge is 2.22. The first-order valence-electron chi connectivity index (χ1n) is 9.10. The second-order valence-corrected chi connectivity index (χ2v) is 6.56. The van der Waals surface area contributed by atoms with Crippen LogP contribution < -0.4 is 4.74 Å². The Labute approximate surface area is 159 Å². The van der Waals surface area contributed by atoms with Gasteiger partial charge in [-0.2, -0.15) is 0 Å². The summed E-state index contributed by atoms with van der Waals surface area (Å²) < 4.78 is 10.8. The summed E-state index contributed by atoms with van der Waals surface area (Å²) in [5.74, 6) is 0.265. The standard InChI is InChI=1S/C23H24O4/c1-26-23(25)22(19-9-11-20(24)12-10-19)15-17-7-13-21(14-8-17)27-16-18-5-3-2-4-6-18/h3,5-14,22,24H,2,4,15-16H2,1H3. The Bertz CT molecular complexity index is 816. The molecule has 1 unspecified atom stereocenters. The van der Waals surface area contributed by atoms with Gasteiger partial charge in [0, 0.05) is 0 Å². The van der Waals surface area contributed by atoms with E-state index in [4.69, 9.17) is 9.47 Å². The zero-order valence-electron chi connectivity index (χ0n) is 15.4. The van der Waals surface area contributed by atoms with Gasteiger partial charge < -0.3 is 14.6 Å². The van der Waals surface area contributed by atoms with Crippen molar-refractivity contribution >= 4 is 5.97 Å². The molecule has 0 bridgehead atoms. The minimum Gasteiger partial charge on any atom is -0.508 e. The van der Waals surface area contributed by atoms with Crippen molar-refractivity contribution in [1.82, 2.24) is 0 Å². The van der Waals surface area contributed by atoms with Gasteiger partial charge >= 0.3 is 5.97 Å². The molecule has 2 aromatic rings. The Morgan fingerprint density at radius 2 is 1.81 bits per heavy atom. The van der Waals surface area contributed by atoms with E-state index in [-0.39, 0.29) is 11.7 Å². The zero-order valence-corrected chi connectivity index (χ0v) is 15.4. The number of aromatic hydroxyl groups is 1. The average Bonchev–Trinajstić information content (AvgIpc) is 2.72. The molecule has 140 valence electrons. The molecule has 0 heterocycles. The third-order valence-corrected chi connectivity index (χ3v) is 4.62. The van der Waals surface area contributed by atoms with Gasteiger partial charge in [0.15, 0.2) is 0 Å². The molecule has 3 rings (SSSR count). The predicted octanol–water partition coefficient (Wildman–Crippen LogP) is 4.55. The lowest BCUT2D eigenvalue weighted by Gasteiger charge is -2.16. The third-order valence-electron chi connectivity index (χ3n) is 4.62. The van der Waals surface area contributed by atoms with Crippen LogP contribution in [-0.4, -0.2) is 24.8 Å². The molecule has 0 aromatic heterocycles. The largest absolute Gasteiger partial charge is 0.508 e. The van der Waals surface area contributed by atoms with Crippen LogP contribution in [0.1, 0.15) is 29.9 Å². The summed E-state index contributed by atoms with van der Waals surface area (Å²) in [5.41, 5.74) is 3.03. The fourth-order valence-electron chi connectivity index (χ4n) is 3.09. The van der Waals surface area contributed by atoms with Crippen molar-refractivity contribution in [3.05, 3.63) is 83.5 Å². The van der Waals surface area contributed by atoms with Crippen molar-refractivity contribution in [3.63, 3.8) is 0 Å². The van der Waals surface area contributed by atoms with Crippen LogP contribution in [0, 0.1) is 0 Å². The van der Waals surface area contributed by atoms with E-state index in [1.54, 1.807) is 24.3 Å². The lowest BCUT2D eigenvalue weighted by molar-refractivity contribution is -0.142. The van der Waals surface area contributed by atoms with Gasteiger partial charge in [0.25, 0.3) is 0 Å². The molecule has 1 atom stereocenters. The van der Waals surface area contributed by atoms with Gasteiger partial charge in [0.05, 0.1) is 13.0 Å². The number of carbonyl (C=O) groups excluding carboxylic acids is 1. The van der Waals surface area contributed by atoms with Crippen molar-refractivity contribution < 1.29 is 19.4 Å². The summed E-state index contributed by atoms with van der Waals surface area (Å²) in [6.45, 7) is 0.564. The van der Waals surface area contributed by atoms with Crippen molar-refractivity contribution in [2.45, 2.75) is 25.2 Å². The number of hydrogen-bond acceptors (Lipinski definition) is 4. The van der Waals surface area contributed by atoms with Crippen LogP contribution in [0.3, 0.4) is 0 Å². The summed E-state index contributed by atoms with van der Waals surface area (Å²) in [5, 5.41) is 9.46. The molecule has 0 amide bonds. The van der Waals surface area contributed by atoms with Crippen molar-refractivity contribution in [1.29, 1.82) is 0 Å². The number of phenols is 1. The number of rotatable bonds is 7. The second kappa shape index (κ2) is 9.08. The fraction of sp³-hybridized carbons (Fsp3) is 0.261. The van der Waals surface area contributed by atoms with Crippen LogP contribution in [0.4, 0.5) is 0 Å². The van der Waals surface area contributed by atoms with Gasteiger partial charge in [0.1, 0.15) is 18.1 Å². The van der Waals surface area contributed by atoms with Gasteiger partial charge in [-0.3, -0.25) is 4.79 Å². The molecule has 0 fully saturated rings. The molecular formula is C23H24O4. The maximum Gasteiger partial charge on any atom is 0.313 e. The van der Waals surface area contributed by atoms with Gasteiger partial charge in [0.2, 0.25) is 0 Å². The summed E-state index contributed by atoms with van der Waals surface area (Å²) in [6, 6.07) is 14.4. The maximum absolute atomic E-state index is 12.2. The quantitative estimate of drug-likeness (QED) is 0.733. The molecule has 0 saturated carbocycles. The molecule has 1 N–H and O–H groups in total. The van der Waals surface area contributed by atoms with E-state index in [1.165, 1.54) is 12.7 Å². The van der Waals surface area contributed by atoms with Crippen LogP contribution in [-0.2, 0) is 16.0 Å². The monoisotopic (exact) mass is 364 g/mol. The molecule has 1 aliphatic rings. The van der Waals surface area contributed by atoms with E-state index in [9.17, 15) is 9.90 Å². The van der Waals surface area contributed by atoms with E-state index >= 15 is 0 Å². The first kappa shape index (κ1) is 18.8. The van der Waals surface area contributed by atoms with E-state index in [0.29, 0.717) is 13.0 Å².